The minimum atomic E-state index is 0.646. The fourth-order valence-corrected chi connectivity index (χ4v) is 2.11. The lowest BCUT2D eigenvalue weighted by atomic mass is 10.4. The fourth-order valence-electron chi connectivity index (χ4n) is 2.11. The van der Waals surface area contributed by atoms with Gasteiger partial charge in [0, 0.05) is 30.9 Å². The molecular formula is C12H18N6. The molecule has 0 atom stereocenters. The smallest absolute Gasteiger partial charge is 0.254 e. The van der Waals surface area contributed by atoms with E-state index in [4.69, 9.17) is 0 Å². The molecule has 3 rings (SSSR count). The van der Waals surface area contributed by atoms with E-state index in [1.165, 1.54) is 19.2 Å². The third-order valence-corrected chi connectivity index (χ3v) is 3.32. The Morgan fingerprint density at radius 2 is 2.33 bits per heavy atom. The molecule has 1 fully saturated rings. The molecule has 18 heavy (non-hydrogen) atoms. The van der Waals surface area contributed by atoms with E-state index >= 15 is 0 Å². The number of rotatable bonds is 5. The molecule has 0 saturated heterocycles. The van der Waals surface area contributed by atoms with Gasteiger partial charge >= 0.3 is 0 Å². The molecule has 2 heterocycles. The van der Waals surface area contributed by atoms with E-state index < -0.39 is 0 Å². The summed E-state index contributed by atoms with van der Waals surface area (Å²) >= 11 is 0. The number of fused-ring (bicyclic) bond motifs is 1. The number of nitrogens with zero attached hydrogens (tertiary/aromatic N) is 5. The molecule has 1 saturated carbocycles. The van der Waals surface area contributed by atoms with Crippen molar-refractivity contribution in [3.63, 3.8) is 0 Å². The van der Waals surface area contributed by atoms with Gasteiger partial charge in [-0.1, -0.05) is 0 Å². The molecule has 6 heteroatoms. The van der Waals surface area contributed by atoms with Crippen molar-refractivity contribution in [3.8, 4) is 0 Å². The summed E-state index contributed by atoms with van der Waals surface area (Å²) in [6, 6.07) is 2.80. The molecule has 0 unspecified atom stereocenters. The van der Waals surface area contributed by atoms with Crippen LogP contribution in [0.4, 0.5) is 5.82 Å². The van der Waals surface area contributed by atoms with Gasteiger partial charge in [-0.2, -0.15) is 14.6 Å². The highest BCUT2D eigenvalue weighted by atomic mass is 15.4. The van der Waals surface area contributed by atoms with Crippen LogP contribution in [0.1, 0.15) is 18.5 Å². The zero-order valence-corrected chi connectivity index (χ0v) is 10.8. The fraction of sp³-hybridized carbons (Fsp3) is 0.583. The summed E-state index contributed by atoms with van der Waals surface area (Å²) in [5.41, 5.74) is 0.952. The van der Waals surface area contributed by atoms with E-state index in [-0.39, 0.29) is 0 Å². The van der Waals surface area contributed by atoms with Crippen molar-refractivity contribution in [1.82, 2.24) is 24.5 Å². The van der Waals surface area contributed by atoms with Crippen LogP contribution in [0.5, 0.6) is 0 Å². The Kier molecular flexibility index (Phi) is 2.87. The zero-order chi connectivity index (χ0) is 12.5. The van der Waals surface area contributed by atoms with Crippen molar-refractivity contribution in [2.45, 2.75) is 25.8 Å². The second-order valence-corrected chi connectivity index (χ2v) is 4.89. The van der Waals surface area contributed by atoms with Crippen LogP contribution in [-0.4, -0.2) is 50.7 Å². The number of anilines is 1. The maximum Gasteiger partial charge on any atom is 0.254 e. The maximum absolute atomic E-state index is 4.32. The Labute approximate surface area is 106 Å². The highest BCUT2D eigenvalue weighted by molar-refractivity contribution is 5.44. The molecule has 1 N–H and O–H groups in total. The van der Waals surface area contributed by atoms with E-state index in [9.17, 15) is 0 Å². The first-order valence-corrected chi connectivity index (χ1v) is 6.35. The Bertz CT molecular complexity index is 544. The molecule has 0 bridgehead atoms. The van der Waals surface area contributed by atoms with Crippen LogP contribution in [0.2, 0.25) is 0 Å². The lowest BCUT2D eigenvalue weighted by Crippen LogP contribution is -2.27. The number of hydrogen-bond acceptors (Lipinski definition) is 5. The molecule has 0 aromatic carbocycles. The van der Waals surface area contributed by atoms with Gasteiger partial charge in [-0.25, -0.2) is 4.98 Å². The molecule has 6 nitrogen and oxygen atoms in total. The predicted molar refractivity (Wildman–Crippen MR) is 69.7 cm³/mol. The van der Waals surface area contributed by atoms with E-state index in [0.717, 1.165) is 30.6 Å². The third-order valence-electron chi connectivity index (χ3n) is 3.32. The summed E-state index contributed by atoms with van der Waals surface area (Å²) in [7, 11) is 2.18. The Morgan fingerprint density at radius 1 is 1.50 bits per heavy atom. The second-order valence-electron chi connectivity index (χ2n) is 4.89. The van der Waals surface area contributed by atoms with Gasteiger partial charge in [0.05, 0.1) is 0 Å². The highest BCUT2D eigenvalue weighted by Crippen LogP contribution is 2.24. The van der Waals surface area contributed by atoms with Crippen LogP contribution in [0, 0.1) is 6.92 Å². The normalized spacial score (nSPS) is 15.5. The Hall–Kier alpha value is -1.69. The molecule has 96 valence electrons. The molecular weight excluding hydrogens is 228 g/mol. The van der Waals surface area contributed by atoms with Crippen LogP contribution in [0.3, 0.4) is 0 Å². The summed E-state index contributed by atoms with van der Waals surface area (Å²) in [5, 5.41) is 7.58. The second kappa shape index (κ2) is 4.53. The highest BCUT2D eigenvalue weighted by Gasteiger charge is 2.25. The number of likely N-dealkylation sites (N-methyl/N-ethyl adjacent to an activating group) is 1. The number of aryl methyl sites for hydroxylation is 1. The average molecular weight is 246 g/mol. The first kappa shape index (κ1) is 11.4. The van der Waals surface area contributed by atoms with Gasteiger partial charge in [-0.3, -0.25) is 0 Å². The van der Waals surface area contributed by atoms with Crippen molar-refractivity contribution in [2.75, 3.05) is 25.5 Å². The van der Waals surface area contributed by atoms with E-state index in [1.807, 2.05) is 13.0 Å². The van der Waals surface area contributed by atoms with Crippen LogP contribution in [0.15, 0.2) is 12.4 Å². The Balaban J connectivity index is 1.67. The van der Waals surface area contributed by atoms with Crippen LogP contribution < -0.4 is 5.32 Å². The van der Waals surface area contributed by atoms with Gasteiger partial charge < -0.3 is 10.2 Å². The van der Waals surface area contributed by atoms with E-state index in [2.05, 4.69) is 32.3 Å². The minimum absolute atomic E-state index is 0.646. The van der Waals surface area contributed by atoms with Gasteiger partial charge in [-0.15, -0.1) is 0 Å². The van der Waals surface area contributed by atoms with Crippen LogP contribution >= 0.6 is 0 Å². The SMILES string of the molecule is Cc1cc(NCCN(C)C2CC2)n2ncnc2n1. The molecule has 0 radical (unpaired) electrons. The van der Waals surface area contributed by atoms with Gasteiger partial charge in [0.15, 0.2) is 0 Å². The zero-order valence-electron chi connectivity index (χ0n) is 10.8. The van der Waals surface area contributed by atoms with Gasteiger partial charge in [-0.05, 0) is 26.8 Å². The minimum Gasteiger partial charge on any atom is -0.369 e. The van der Waals surface area contributed by atoms with Crippen molar-refractivity contribution in [1.29, 1.82) is 0 Å². The van der Waals surface area contributed by atoms with Crippen LogP contribution in [0.25, 0.3) is 5.78 Å². The third kappa shape index (κ3) is 2.28. The van der Waals surface area contributed by atoms with Crippen molar-refractivity contribution < 1.29 is 0 Å². The predicted octanol–water partition coefficient (Wildman–Crippen LogP) is 0.939. The average Bonchev–Trinajstić information content (AvgIpc) is 3.08. The van der Waals surface area contributed by atoms with E-state index in [1.54, 1.807) is 4.52 Å². The van der Waals surface area contributed by atoms with Crippen molar-refractivity contribution in [3.05, 3.63) is 18.1 Å². The lowest BCUT2D eigenvalue weighted by molar-refractivity contribution is 0.337. The maximum atomic E-state index is 4.32. The van der Waals surface area contributed by atoms with Gasteiger partial charge in [0.2, 0.25) is 0 Å². The number of hydrogen-bond donors (Lipinski definition) is 1. The number of nitrogens with one attached hydrogen (secondary N) is 1. The molecule has 0 spiro atoms. The standard InChI is InChI=1S/C12H18N6/c1-9-7-11(18-12(16-9)14-8-15-18)13-5-6-17(2)10-3-4-10/h7-8,10,13H,3-6H2,1-2H3. The van der Waals surface area contributed by atoms with Crippen molar-refractivity contribution in [2.24, 2.45) is 0 Å². The topological polar surface area (TPSA) is 58.4 Å². The molecule has 0 amide bonds. The molecule has 2 aromatic rings. The first-order valence-electron chi connectivity index (χ1n) is 6.35. The first-order chi connectivity index (χ1) is 8.74. The molecule has 1 aliphatic rings. The van der Waals surface area contributed by atoms with Crippen LogP contribution in [-0.2, 0) is 0 Å². The summed E-state index contributed by atoms with van der Waals surface area (Å²) in [6.07, 6.45) is 4.22. The largest absolute Gasteiger partial charge is 0.369 e. The summed E-state index contributed by atoms with van der Waals surface area (Å²) in [6.45, 7) is 3.92. The lowest BCUT2D eigenvalue weighted by Gasteiger charge is -2.16. The van der Waals surface area contributed by atoms with E-state index in [0.29, 0.717) is 5.78 Å². The summed E-state index contributed by atoms with van der Waals surface area (Å²) < 4.78 is 1.74. The Morgan fingerprint density at radius 3 is 3.11 bits per heavy atom. The van der Waals surface area contributed by atoms with Crippen molar-refractivity contribution >= 4 is 11.6 Å². The molecule has 2 aromatic heterocycles. The summed E-state index contributed by atoms with van der Waals surface area (Å²) in [5.74, 6) is 1.60. The monoisotopic (exact) mass is 246 g/mol. The molecule has 0 aliphatic heterocycles. The summed E-state index contributed by atoms with van der Waals surface area (Å²) in [4.78, 5) is 10.8. The number of aromatic nitrogens is 4. The van der Waals surface area contributed by atoms with Gasteiger partial charge in [0.1, 0.15) is 12.1 Å². The quantitative estimate of drug-likeness (QED) is 0.851. The molecule has 1 aliphatic carbocycles. The van der Waals surface area contributed by atoms with Gasteiger partial charge in [0.25, 0.3) is 5.78 Å².